The zero-order chi connectivity index (χ0) is 16.8. The van der Waals surface area contributed by atoms with E-state index in [1.165, 1.54) is 25.3 Å². The molecule has 0 fully saturated rings. The Morgan fingerprint density at radius 3 is 2.57 bits per heavy atom. The zero-order valence-corrected chi connectivity index (χ0v) is 12.5. The molecular formula is C12H11N5O5S. The van der Waals surface area contributed by atoms with Crippen molar-refractivity contribution < 1.29 is 13.2 Å². The maximum absolute atomic E-state index is 11.7. The fourth-order valence-electron chi connectivity index (χ4n) is 2.10. The van der Waals surface area contributed by atoms with Crippen LogP contribution < -0.4 is 21.1 Å². The van der Waals surface area contributed by atoms with E-state index in [1.54, 1.807) is 0 Å². The number of methoxy groups -OCH3 is 1. The van der Waals surface area contributed by atoms with E-state index < -0.39 is 21.3 Å². The normalized spacial score (nSPS) is 11.7. The van der Waals surface area contributed by atoms with Gasteiger partial charge < -0.3 is 9.72 Å². The summed E-state index contributed by atoms with van der Waals surface area (Å²) in [6.45, 7) is 0. The second-order valence-electron chi connectivity index (χ2n) is 4.62. The van der Waals surface area contributed by atoms with Crippen molar-refractivity contribution in [2.75, 3.05) is 7.11 Å². The Labute approximate surface area is 128 Å². The number of rotatable bonds is 3. The van der Waals surface area contributed by atoms with Gasteiger partial charge in [-0.1, -0.05) is 0 Å². The average molecular weight is 337 g/mol. The highest BCUT2D eigenvalue weighted by Gasteiger charge is 2.16. The predicted octanol–water partition coefficient (Wildman–Crippen LogP) is -0.738. The molecule has 0 aliphatic carbocycles. The molecule has 11 heteroatoms. The molecule has 3 aromatic rings. The van der Waals surface area contributed by atoms with Gasteiger partial charge in [-0.15, -0.1) is 0 Å². The van der Waals surface area contributed by atoms with Gasteiger partial charge in [0, 0.05) is 6.07 Å². The van der Waals surface area contributed by atoms with Crippen LogP contribution in [0.25, 0.3) is 22.6 Å². The molecule has 23 heavy (non-hydrogen) atoms. The van der Waals surface area contributed by atoms with E-state index in [9.17, 15) is 18.0 Å². The Kier molecular flexibility index (Phi) is 3.30. The number of hydrogen-bond acceptors (Lipinski definition) is 6. The number of nitrogens with two attached hydrogens (primary N) is 1. The average Bonchev–Trinajstić information content (AvgIpc) is 2.89. The van der Waals surface area contributed by atoms with Gasteiger partial charge in [0.1, 0.15) is 17.1 Å². The van der Waals surface area contributed by atoms with Crippen molar-refractivity contribution in [1.29, 1.82) is 0 Å². The molecule has 10 nitrogen and oxygen atoms in total. The highest BCUT2D eigenvalue weighted by atomic mass is 32.2. The van der Waals surface area contributed by atoms with E-state index in [0.717, 1.165) is 0 Å². The third-order valence-electron chi connectivity index (χ3n) is 3.15. The van der Waals surface area contributed by atoms with Crippen LogP contribution in [0.15, 0.2) is 32.7 Å². The van der Waals surface area contributed by atoms with Crippen LogP contribution in [0.3, 0.4) is 0 Å². The van der Waals surface area contributed by atoms with Crippen molar-refractivity contribution in [3.05, 3.63) is 39.0 Å². The number of imidazole rings is 1. The van der Waals surface area contributed by atoms with Gasteiger partial charge >= 0.3 is 5.69 Å². The standard InChI is InChI=1S/C12H11N5O5S/c1-22-7-4-5(23(13,20)21)2-3-6(7)9-14-8-10(15-9)16-12(19)17-11(8)18/h2-4H,1H3,(H2,13,20,21)(H3,14,15,16,17,18,19). The number of nitrogens with zero attached hydrogens (tertiary/aromatic N) is 1. The van der Waals surface area contributed by atoms with Gasteiger partial charge in [0.2, 0.25) is 10.0 Å². The van der Waals surface area contributed by atoms with E-state index in [-0.39, 0.29) is 27.6 Å². The van der Waals surface area contributed by atoms with Crippen molar-refractivity contribution in [3.63, 3.8) is 0 Å². The second kappa shape index (κ2) is 5.07. The number of hydrogen-bond donors (Lipinski definition) is 4. The number of fused-ring (bicyclic) bond motifs is 1. The molecule has 1 aromatic carbocycles. The Balaban J connectivity index is 2.24. The molecule has 0 aliphatic heterocycles. The topological polar surface area (TPSA) is 164 Å². The predicted molar refractivity (Wildman–Crippen MR) is 80.7 cm³/mol. The third kappa shape index (κ3) is 2.62. The molecule has 0 saturated heterocycles. The highest BCUT2D eigenvalue weighted by molar-refractivity contribution is 7.89. The molecule has 0 atom stereocenters. The number of aromatic amines is 3. The lowest BCUT2D eigenvalue weighted by molar-refractivity contribution is 0.415. The van der Waals surface area contributed by atoms with E-state index in [2.05, 4.69) is 19.9 Å². The molecule has 0 unspecified atom stereocenters. The molecule has 0 spiro atoms. The molecule has 0 saturated carbocycles. The van der Waals surface area contributed by atoms with Crippen LogP contribution in [-0.2, 0) is 10.0 Å². The Morgan fingerprint density at radius 1 is 1.17 bits per heavy atom. The van der Waals surface area contributed by atoms with Gasteiger partial charge in [-0.3, -0.25) is 14.8 Å². The smallest absolute Gasteiger partial charge is 0.327 e. The maximum Gasteiger partial charge on any atom is 0.327 e. The van der Waals surface area contributed by atoms with Crippen LogP contribution in [0, 0.1) is 0 Å². The van der Waals surface area contributed by atoms with Crippen LogP contribution in [-0.4, -0.2) is 35.5 Å². The zero-order valence-electron chi connectivity index (χ0n) is 11.7. The van der Waals surface area contributed by atoms with E-state index >= 15 is 0 Å². The summed E-state index contributed by atoms with van der Waals surface area (Å²) >= 11 is 0. The summed E-state index contributed by atoms with van der Waals surface area (Å²) in [6.07, 6.45) is 0. The summed E-state index contributed by atoms with van der Waals surface area (Å²) in [5, 5.41) is 5.07. The van der Waals surface area contributed by atoms with Crippen LogP contribution in [0.1, 0.15) is 0 Å². The molecule has 0 bridgehead atoms. The van der Waals surface area contributed by atoms with Crippen LogP contribution in [0.4, 0.5) is 0 Å². The van der Waals surface area contributed by atoms with Crippen molar-refractivity contribution in [2.45, 2.75) is 4.90 Å². The quantitative estimate of drug-likeness (QED) is 0.491. The minimum absolute atomic E-state index is 0.0753. The molecule has 120 valence electrons. The first-order chi connectivity index (χ1) is 10.8. The highest BCUT2D eigenvalue weighted by Crippen LogP contribution is 2.30. The molecule has 0 aliphatic rings. The Bertz CT molecular complexity index is 1120. The lowest BCUT2D eigenvalue weighted by atomic mass is 10.2. The Morgan fingerprint density at radius 2 is 1.91 bits per heavy atom. The fourth-order valence-corrected chi connectivity index (χ4v) is 2.63. The molecule has 5 N–H and O–H groups in total. The summed E-state index contributed by atoms with van der Waals surface area (Å²) in [6, 6.07) is 3.96. The number of ether oxygens (including phenoxy) is 1. The van der Waals surface area contributed by atoms with E-state index in [0.29, 0.717) is 5.56 Å². The minimum atomic E-state index is -3.88. The first-order valence-corrected chi connectivity index (χ1v) is 7.78. The van der Waals surface area contributed by atoms with Crippen molar-refractivity contribution in [3.8, 4) is 17.1 Å². The number of benzene rings is 1. The largest absolute Gasteiger partial charge is 0.496 e. The summed E-state index contributed by atoms with van der Waals surface area (Å²) < 4.78 is 27.9. The summed E-state index contributed by atoms with van der Waals surface area (Å²) in [7, 11) is -2.53. The lowest BCUT2D eigenvalue weighted by Gasteiger charge is -2.07. The van der Waals surface area contributed by atoms with Crippen LogP contribution in [0.5, 0.6) is 5.75 Å². The molecule has 2 aromatic heterocycles. The summed E-state index contributed by atoms with van der Waals surface area (Å²) in [5.74, 6) is 0.416. The van der Waals surface area contributed by atoms with Gasteiger partial charge in [0.15, 0.2) is 5.65 Å². The number of primary sulfonamides is 1. The lowest BCUT2D eigenvalue weighted by Crippen LogP contribution is -2.21. The molecule has 0 radical (unpaired) electrons. The fraction of sp³-hybridized carbons (Fsp3) is 0.0833. The number of H-pyrrole nitrogens is 3. The molecule has 2 heterocycles. The number of aromatic nitrogens is 4. The Hall–Kier alpha value is -2.92. The first-order valence-electron chi connectivity index (χ1n) is 6.23. The van der Waals surface area contributed by atoms with E-state index in [4.69, 9.17) is 9.88 Å². The van der Waals surface area contributed by atoms with Crippen LogP contribution in [0.2, 0.25) is 0 Å². The van der Waals surface area contributed by atoms with Crippen molar-refractivity contribution >= 4 is 21.2 Å². The monoisotopic (exact) mass is 337 g/mol. The van der Waals surface area contributed by atoms with Crippen molar-refractivity contribution in [2.24, 2.45) is 5.14 Å². The number of sulfonamides is 1. The van der Waals surface area contributed by atoms with Gasteiger partial charge in [-0.2, -0.15) is 0 Å². The van der Waals surface area contributed by atoms with Crippen molar-refractivity contribution in [1.82, 2.24) is 19.9 Å². The van der Waals surface area contributed by atoms with Gasteiger partial charge in [0.25, 0.3) is 5.56 Å². The van der Waals surface area contributed by atoms with Crippen LogP contribution >= 0.6 is 0 Å². The second-order valence-corrected chi connectivity index (χ2v) is 6.19. The summed E-state index contributed by atoms with van der Waals surface area (Å²) in [4.78, 5) is 34.2. The summed E-state index contributed by atoms with van der Waals surface area (Å²) in [5.41, 5.74) is -0.750. The third-order valence-corrected chi connectivity index (χ3v) is 4.06. The minimum Gasteiger partial charge on any atom is -0.496 e. The SMILES string of the molecule is COc1cc(S(N)(=O)=O)ccc1-c1nc2[nH]c(=O)[nH]c(=O)c2[nH]1. The van der Waals surface area contributed by atoms with E-state index in [1.807, 2.05) is 0 Å². The maximum atomic E-state index is 11.7. The van der Waals surface area contributed by atoms with Gasteiger partial charge in [-0.25, -0.2) is 23.3 Å². The molecule has 3 rings (SSSR count). The molecule has 0 amide bonds. The first kappa shape index (κ1) is 15.0. The number of nitrogens with one attached hydrogen (secondary N) is 3. The van der Waals surface area contributed by atoms with Gasteiger partial charge in [-0.05, 0) is 12.1 Å². The molecular weight excluding hydrogens is 326 g/mol. The van der Waals surface area contributed by atoms with Gasteiger partial charge in [0.05, 0.1) is 17.6 Å².